The molecule has 0 bridgehead atoms. The first-order chi connectivity index (χ1) is 14.7. The number of benzene rings is 3. The van der Waals surface area contributed by atoms with Gasteiger partial charge in [-0.1, -0.05) is 18.2 Å². The van der Waals surface area contributed by atoms with Gasteiger partial charge in [-0.2, -0.15) is 0 Å². The van der Waals surface area contributed by atoms with E-state index in [-0.39, 0.29) is 33.4 Å². The maximum absolute atomic E-state index is 12.8. The first-order valence-corrected chi connectivity index (χ1v) is 10.4. The summed E-state index contributed by atoms with van der Waals surface area (Å²) in [5, 5.41) is 28.8. The van der Waals surface area contributed by atoms with Gasteiger partial charge in [0.25, 0.3) is 15.7 Å². The lowest BCUT2D eigenvalue weighted by atomic mass is 10.2. The molecular formula is C20H19N5O5S. The molecular weight excluding hydrogens is 422 g/mol. The quantitative estimate of drug-likeness (QED) is 0.313. The molecule has 0 atom stereocenters. The molecule has 0 aromatic heterocycles. The molecule has 0 saturated heterocycles. The topological polar surface area (TPSA) is 138 Å². The average molecular weight is 441 g/mol. The number of sulfonamides is 1. The molecule has 0 heterocycles. The van der Waals surface area contributed by atoms with Gasteiger partial charge in [-0.15, -0.1) is 10.2 Å². The predicted molar refractivity (Wildman–Crippen MR) is 117 cm³/mol. The maximum atomic E-state index is 12.8. The maximum Gasteiger partial charge on any atom is 0.271 e. The highest BCUT2D eigenvalue weighted by atomic mass is 32.2. The summed E-state index contributed by atoms with van der Waals surface area (Å²) in [4.78, 5) is 12.2. The van der Waals surface area contributed by atoms with E-state index in [2.05, 4.69) is 15.0 Å². The third-order valence-corrected chi connectivity index (χ3v) is 5.61. The zero-order valence-corrected chi connectivity index (χ0v) is 17.4. The standard InChI is InChI=1S/C20H19N5O5S/c1-24(2)14-8-10-17(21-22-19-13-15(25(27)28)9-11-20(19)26)18(12-14)23-31(29,30)16-6-4-3-5-7-16/h3-13,23,26H,1-2H3. The largest absolute Gasteiger partial charge is 0.506 e. The van der Waals surface area contributed by atoms with Gasteiger partial charge in [0.1, 0.15) is 17.1 Å². The first-order valence-electron chi connectivity index (χ1n) is 8.96. The third-order valence-electron chi connectivity index (χ3n) is 4.23. The number of nitro groups is 1. The lowest BCUT2D eigenvalue weighted by molar-refractivity contribution is -0.384. The Kier molecular flexibility index (Phi) is 6.16. The van der Waals surface area contributed by atoms with Gasteiger partial charge in [0, 0.05) is 31.9 Å². The number of rotatable bonds is 7. The summed E-state index contributed by atoms with van der Waals surface area (Å²) in [5.41, 5.74) is 0.644. The summed E-state index contributed by atoms with van der Waals surface area (Å²) in [7, 11) is -0.299. The molecule has 3 rings (SSSR count). The van der Waals surface area contributed by atoms with Crippen molar-refractivity contribution in [3.8, 4) is 5.75 Å². The van der Waals surface area contributed by atoms with Crippen LogP contribution in [0.25, 0.3) is 0 Å². The molecule has 2 N–H and O–H groups in total. The van der Waals surface area contributed by atoms with Crippen LogP contribution in [0.5, 0.6) is 5.75 Å². The number of nitrogens with one attached hydrogen (secondary N) is 1. The molecule has 0 amide bonds. The number of azo groups is 1. The summed E-state index contributed by atoms with van der Waals surface area (Å²) < 4.78 is 28.0. The number of hydrogen-bond donors (Lipinski definition) is 2. The van der Waals surface area contributed by atoms with Crippen molar-refractivity contribution in [1.29, 1.82) is 0 Å². The van der Waals surface area contributed by atoms with Gasteiger partial charge in [0.15, 0.2) is 0 Å². The van der Waals surface area contributed by atoms with Crippen LogP contribution in [-0.4, -0.2) is 32.5 Å². The number of phenolic OH excluding ortho intramolecular Hbond substituents is 1. The molecule has 31 heavy (non-hydrogen) atoms. The number of anilines is 2. The molecule has 160 valence electrons. The van der Waals surface area contributed by atoms with Crippen molar-refractivity contribution in [1.82, 2.24) is 0 Å². The predicted octanol–water partition coefficient (Wildman–Crippen LogP) is 4.58. The highest BCUT2D eigenvalue weighted by molar-refractivity contribution is 7.92. The van der Waals surface area contributed by atoms with E-state index in [0.717, 1.165) is 18.2 Å². The van der Waals surface area contributed by atoms with Crippen LogP contribution in [0.4, 0.5) is 28.4 Å². The minimum absolute atomic E-state index is 0.0736. The van der Waals surface area contributed by atoms with Crippen LogP contribution >= 0.6 is 0 Å². The Hall–Kier alpha value is -3.99. The van der Waals surface area contributed by atoms with E-state index in [1.807, 2.05) is 0 Å². The van der Waals surface area contributed by atoms with Crippen molar-refractivity contribution in [2.24, 2.45) is 10.2 Å². The molecule has 0 aliphatic rings. The molecule has 3 aromatic rings. The first kappa shape index (κ1) is 21.7. The molecule has 0 unspecified atom stereocenters. The molecule has 3 aromatic carbocycles. The Bertz CT molecular complexity index is 1240. The number of nitro benzene ring substituents is 1. The van der Waals surface area contributed by atoms with Gasteiger partial charge in [-0.05, 0) is 36.4 Å². The van der Waals surface area contributed by atoms with E-state index >= 15 is 0 Å². The molecule has 0 radical (unpaired) electrons. The van der Waals surface area contributed by atoms with E-state index < -0.39 is 14.9 Å². The summed E-state index contributed by atoms with van der Waals surface area (Å²) in [6.45, 7) is 0. The molecule has 0 aliphatic heterocycles. The monoisotopic (exact) mass is 441 g/mol. The third kappa shape index (κ3) is 5.14. The number of non-ortho nitro benzene ring substituents is 1. The lowest BCUT2D eigenvalue weighted by Crippen LogP contribution is -2.14. The number of nitrogens with zero attached hydrogens (tertiary/aromatic N) is 4. The second-order valence-electron chi connectivity index (χ2n) is 6.64. The van der Waals surface area contributed by atoms with Crippen molar-refractivity contribution in [2.75, 3.05) is 23.7 Å². The summed E-state index contributed by atoms with van der Waals surface area (Å²) in [6, 6.07) is 16.0. The van der Waals surface area contributed by atoms with Gasteiger partial charge in [0.2, 0.25) is 0 Å². The van der Waals surface area contributed by atoms with Crippen molar-refractivity contribution in [2.45, 2.75) is 4.90 Å². The summed E-state index contributed by atoms with van der Waals surface area (Å²) in [6.07, 6.45) is 0. The van der Waals surface area contributed by atoms with Crippen LogP contribution in [0.15, 0.2) is 81.9 Å². The Morgan fingerprint density at radius 3 is 2.29 bits per heavy atom. The summed E-state index contributed by atoms with van der Waals surface area (Å²) >= 11 is 0. The van der Waals surface area contributed by atoms with Gasteiger partial charge in [-0.25, -0.2) is 8.42 Å². The Morgan fingerprint density at radius 1 is 0.968 bits per heavy atom. The number of aromatic hydroxyl groups is 1. The fourth-order valence-electron chi connectivity index (χ4n) is 2.59. The van der Waals surface area contributed by atoms with Crippen LogP contribution in [0.2, 0.25) is 0 Å². The van der Waals surface area contributed by atoms with E-state index in [1.54, 1.807) is 55.4 Å². The Morgan fingerprint density at radius 2 is 1.65 bits per heavy atom. The van der Waals surface area contributed by atoms with Gasteiger partial charge >= 0.3 is 0 Å². The normalized spacial score (nSPS) is 11.4. The van der Waals surface area contributed by atoms with Crippen LogP contribution < -0.4 is 9.62 Å². The molecule has 0 aliphatic carbocycles. The minimum Gasteiger partial charge on any atom is -0.506 e. The van der Waals surface area contributed by atoms with Crippen molar-refractivity contribution in [3.63, 3.8) is 0 Å². The molecule has 10 nitrogen and oxygen atoms in total. The number of phenols is 1. The van der Waals surface area contributed by atoms with Crippen molar-refractivity contribution >= 4 is 38.5 Å². The second kappa shape index (κ2) is 8.79. The van der Waals surface area contributed by atoms with E-state index in [1.165, 1.54) is 12.1 Å². The second-order valence-corrected chi connectivity index (χ2v) is 8.33. The fourth-order valence-corrected chi connectivity index (χ4v) is 3.67. The van der Waals surface area contributed by atoms with Gasteiger partial charge < -0.3 is 10.0 Å². The molecule has 0 saturated carbocycles. The van der Waals surface area contributed by atoms with Crippen LogP contribution in [0.1, 0.15) is 0 Å². The van der Waals surface area contributed by atoms with Crippen LogP contribution in [0.3, 0.4) is 0 Å². The van der Waals surface area contributed by atoms with Gasteiger partial charge in [-0.3, -0.25) is 14.8 Å². The zero-order valence-electron chi connectivity index (χ0n) is 16.6. The minimum atomic E-state index is -3.90. The van der Waals surface area contributed by atoms with Gasteiger partial charge in [0.05, 0.1) is 15.5 Å². The van der Waals surface area contributed by atoms with Crippen LogP contribution in [-0.2, 0) is 10.0 Å². The highest BCUT2D eigenvalue weighted by Crippen LogP contribution is 2.35. The average Bonchev–Trinajstić information content (AvgIpc) is 2.74. The van der Waals surface area contributed by atoms with Crippen molar-refractivity contribution in [3.05, 3.63) is 76.8 Å². The number of hydrogen-bond acceptors (Lipinski definition) is 8. The highest BCUT2D eigenvalue weighted by Gasteiger charge is 2.17. The molecule has 11 heteroatoms. The van der Waals surface area contributed by atoms with E-state index in [4.69, 9.17) is 0 Å². The smallest absolute Gasteiger partial charge is 0.271 e. The summed E-state index contributed by atoms with van der Waals surface area (Å²) in [5.74, 6) is -0.300. The fraction of sp³-hybridized carbons (Fsp3) is 0.100. The van der Waals surface area contributed by atoms with Crippen molar-refractivity contribution < 1.29 is 18.4 Å². The Balaban J connectivity index is 2.02. The van der Waals surface area contributed by atoms with Crippen LogP contribution in [0, 0.1) is 10.1 Å². The lowest BCUT2D eigenvalue weighted by Gasteiger charge is -2.16. The Labute approximate surface area is 178 Å². The van der Waals surface area contributed by atoms with E-state index in [0.29, 0.717) is 5.69 Å². The molecule has 0 spiro atoms. The SMILES string of the molecule is CN(C)c1ccc(N=Nc2cc([N+](=O)[O-])ccc2O)c(NS(=O)(=O)c2ccccc2)c1. The molecule has 0 fully saturated rings. The van der Waals surface area contributed by atoms with E-state index in [9.17, 15) is 23.6 Å². The zero-order chi connectivity index (χ0) is 22.6.